The van der Waals surface area contributed by atoms with Crippen LogP contribution in [0.2, 0.25) is 0 Å². The van der Waals surface area contributed by atoms with Crippen LogP contribution in [0.5, 0.6) is 0 Å². The highest BCUT2D eigenvalue weighted by Crippen LogP contribution is 2.03. The molecular weight excluding hydrogens is 162 g/mol. The Morgan fingerprint density at radius 2 is 2.15 bits per heavy atom. The Morgan fingerprint density at radius 3 is 2.54 bits per heavy atom. The van der Waals surface area contributed by atoms with Gasteiger partial charge in [-0.1, -0.05) is 44.7 Å². The van der Waals surface area contributed by atoms with Crippen LogP contribution in [0.25, 0.3) is 0 Å². The Balaban J connectivity index is 4.27. The molecule has 0 bridgehead atoms. The summed E-state index contributed by atoms with van der Waals surface area (Å²) in [6.45, 7) is 7.74. The molecule has 2 N–H and O–H groups in total. The van der Waals surface area contributed by atoms with Crippen molar-refractivity contribution < 1.29 is 4.79 Å². The number of carbonyl (C=O) groups excluding carboxylic acids is 1. The number of hydrogen-bond acceptors (Lipinski definition) is 1. The summed E-state index contributed by atoms with van der Waals surface area (Å²) >= 11 is 0. The minimum Gasteiger partial charge on any atom is -0.366 e. The number of rotatable bonds is 5. The van der Waals surface area contributed by atoms with Gasteiger partial charge in [-0.3, -0.25) is 4.79 Å². The molecule has 0 aliphatic heterocycles. The number of carbonyl (C=O) groups is 1. The lowest BCUT2D eigenvalue weighted by Gasteiger charge is -1.97. The Bertz CT molecular complexity index is 236. The van der Waals surface area contributed by atoms with Crippen LogP contribution in [0.3, 0.4) is 0 Å². The normalized spacial score (nSPS) is 12.4. The maximum Gasteiger partial charge on any atom is 0.248 e. The molecule has 0 unspecified atom stereocenters. The van der Waals surface area contributed by atoms with Crippen molar-refractivity contribution in [2.75, 3.05) is 0 Å². The molecule has 0 heterocycles. The Hall–Kier alpha value is -1.31. The summed E-state index contributed by atoms with van der Waals surface area (Å²) < 4.78 is 0. The van der Waals surface area contributed by atoms with Gasteiger partial charge in [0.1, 0.15) is 0 Å². The molecule has 0 aliphatic carbocycles. The third kappa shape index (κ3) is 5.91. The minimum atomic E-state index is -0.417. The van der Waals surface area contributed by atoms with Gasteiger partial charge in [-0.2, -0.15) is 0 Å². The average Bonchev–Trinajstić information content (AvgIpc) is 2.02. The highest BCUT2D eigenvalue weighted by atomic mass is 16.1. The highest BCUT2D eigenvalue weighted by molar-refractivity contribution is 5.95. The van der Waals surface area contributed by atoms with E-state index in [2.05, 4.69) is 20.4 Å². The Labute approximate surface area is 79.8 Å². The molecule has 0 radical (unpaired) electrons. The molecular formula is C11H17NO. The molecule has 0 spiro atoms. The maximum absolute atomic E-state index is 10.8. The van der Waals surface area contributed by atoms with Gasteiger partial charge in [-0.25, -0.2) is 0 Å². The van der Waals surface area contributed by atoms with Gasteiger partial charge in [0.2, 0.25) is 5.91 Å². The van der Waals surface area contributed by atoms with Crippen LogP contribution in [-0.2, 0) is 4.79 Å². The molecule has 0 fully saturated rings. The average molecular weight is 179 g/mol. The summed E-state index contributed by atoms with van der Waals surface area (Å²) in [5.41, 5.74) is 5.63. The van der Waals surface area contributed by atoms with Gasteiger partial charge in [0, 0.05) is 5.57 Å². The van der Waals surface area contributed by atoms with E-state index in [0.29, 0.717) is 11.5 Å². The first-order valence-corrected chi connectivity index (χ1v) is 4.37. The van der Waals surface area contributed by atoms with Gasteiger partial charge < -0.3 is 5.73 Å². The van der Waals surface area contributed by atoms with E-state index >= 15 is 0 Å². The number of nitrogens with two attached hydrogens (primary N) is 1. The molecule has 0 saturated carbocycles. The zero-order chi connectivity index (χ0) is 10.3. The van der Waals surface area contributed by atoms with E-state index in [-0.39, 0.29) is 0 Å². The Morgan fingerprint density at radius 1 is 1.54 bits per heavy atom. The summed E-state index contributed by atoms with van der Waals surface area (Å²) in [6, 6.07) is 0. The van der Waals surface area contributed by atoms with E-state index in [1.54, 1.807) is 18.2 Å². The SMILES string of the molecule is C=C/C=C(\C=C/CC(C)C)C(N)=O. The van der Waals surface area contributed by atoms with E-state index in [1.807, 2.05) is 6.08 Å². The van der Waals surface area contributed by atoms with Crippen molar-refractivity contribution in [1.29, 1.82) is 0 Å². The van der Waals surface area contributed by atoms with Gasteiger partial charge in [-0.15, -0.1) is 0 Å². The molecule has 0 aromatic heterocycles. The lowest BCUT2D eigenvalue weighted by molar-refractivity contribution is -0.114. The first-order valence-electron chi connectivity index (χ1n) is 4.37. The smallest absolute Gasteiger partial charge is 0.248 e. The van der Waals surface area contributed by atoms with Gasteiger partial charge >= 0.3 is 0 Å². The second kappa shape index (κ2) is 6.23. The van der Waals surface area contributed by atoms with Crippen LogP contribution in [0.1, 0.15) is 20.3 Å². The summed E-state index contributed by atoms with van der Waals surface area (Å²) in [4.78, 5) is 10.8. The van der Waals surface area contributed by atoms with Crippen molar-refractivity contribution >= 4 is 5.91 Å². The van der Waals surface area contributed by atoms with E-state index in [0.717, 1.165) is 6.42 Å². The van der Waals surface area contributed by atoms with Crippen molar-refractivity contribution in [1.82, 2.24) is 0 Å². The number of primary amides is 1. The first kappa shape index (κ1) is 11.7. The topological polar surface area (TPSA) is 43.1 Å². The van der Waals surface area contributed by atoms with E-state index in [9.17, 15) is 4.79 Å². The van der Waals surface area contributed by atoms with Gasteiger partial charge in [-0.05, 0) is 12.3 Å². The van der Waals surface area contributed by atoms with Gasteiger partial charge in [0.15, 0.2) is 0 Å². The van der Waals surface area contributed by atoms with Crippen LogP contribution in [0.15, 0.2) is 36.5 Å². The fraction of sp³-hybridized carbons (Fsp3) is 0.364. The molecule has 2 heteroatoms. The maximum atomic E-state index is 10.8. The van der Waals surface area contributed by atoms with Crippen LogP contribution in [0, 0.1) is 5.92 Å². The standard InChI is InChI=1S/C11H17NO/c1-4-6-10(11(12)13)8-5-7-9(2)3/h4-6,8-9H,1,7H2,2-3H3,(H2,12,13)/b8-5-,10-6+. The van der Waals surface area contributed by atoms with E-state index < -0.39 is 5.91 Å². The number of hydrogen-bond donors (Lipinski definition) is 1. The van der Waals surface area contributed by atoms with Crippen LogP contribution < -0.4 is 5.73 Å². The molecule has 1 amide bonds. The molecule has 0 aliphatic rings. The molecule has 13 heavy (non-hydrogen) atoms. The van der Waals surface area contributed by atoms with Crippen molar-refractivity contribution in [3.63, 3.8) is 0 Å². The molecule has 0 saturated heterocycles. The van der Waals surface area contributed by atoms with Gasteiger partial charge in [0.25, 0.3) is 0 Å². The quantitative estimate of drug-likeness (QED) is 0.510. The number of amides is 1. The van der Waals surface area contributed by atoms with Crippen molar-refractivity contribution in [3.8, 4) is 0 Å². The second-order valence-electron chi connectivity index (χ2n) is 3.25. The van der Waals surface area contributed by atoms with Crippen molar-refractivity contribution in [3.05, 3.63) is 36.5 Å². The third-order valence-electron chi connectivity index (χ3n) is 1.49. The number of allylic oxidation sites excluding steroid dienone is 3. The van der Waals surface area contributed by atoms with Crippen LogP contribution in [0.4, 0.5) is 0 Å². The molecule has 2 nitrogen and oxygen atoms in total. The van der Waals surface area contributed by atoms with Crippen molar-refractivity contribution in [2.24, 2.45) is 11.7 Å². The van der Waals surface area contributed by atoms with Crippen molar-refractivity contribution in [2.45, 2.75) is 20.3 Å². The fourth-order valence-electron chi connectivity index (χ4n) is 0.814. The van der Waals surface area contributed by atoms with Crippen LogP contribution in [-0.4, -0.2) is 5.91 Å². The first-order chi connectivity index (χ1) is 6.07. The zero-order valence-corrected chi connectivity index (χ0v) is 8.29. The van der Waals surface area contributed by atoms with Gasteiger partial charge in [0.05, 0.1) is 0 Å². The fourth-order valence-corrected chi connectivity index (χ4v) is 0.814. The molecule has 0 rings (SSSR count). The predicted octanol–water partition coefficient (Wildman–Crippen LogP) is 2.19. The molecule has 0 aromatic carbocycles. The summed E-state index contributed by atoms with van der Waals surface area (Å²) in [5, 5.41) is 0. The molecule has 72 valence electrons. The minimum absolute atomic E-state index is 0.417. The predicted molar refractivity (Wildman–Crippen MR) is 56.1 cm³/mol. The van der Waals surface area contributed by atoms with E-state index in [4.69, 9.17) is 5.73 Å². The van der Waals surface area contributed by atoms with E-state index in [1.165, 1.54) is 0 Å². The molecule has 0 atom stereocenters. The summed E-state index contributed by atoms with van der Waals surface area (Å²) in [5.74, 6) is 0.175. The lowest BCUT2D eigenvalue weighted by Crippen LogP contribution is -2.12. The summed E-state index contributed by atoms with van der Waals surface area (Å²) in [6.07, 6.45) is 7.80. The largest absolute Gasteiger partial charge is 0.366 e. The Kier molecular flexibility index (Phi) is 5.60. The lowest BCUT2D eigenvalue weighted by atomic mass is 10.1. The van der Waals surface area contributed by atoms with Crippen LogP contribution >= 0.6 is 0 Å². The molecule has 0 aromatic rings. The highest BCUT2D eigenvalue weighted by Gasteiger charge is 1.97. The zero-order valence-electron chi connectivity index (χ0n) is 8.29. The third-order valence-corrected chi connectivity index (χ3v) is 1.49. The second-order valence-corrected chi connectivity index (χ2v) is 3.25. The summed E-state index contributed by atoms with van der Waals surface area (Å²) in [7, 11) is 0. The monoisotopic (exact) mass is 179 g/mol.